The van der Waals surface area contributed by atoms with Crippen LogP contribution in [0, 0.1) is 0 Å². The molecule has 0 aliphatic carbocycles. The molecule has 0 radical (unpaired) electrons. The third-order valence-corrected chi connectivity index (χ3v) is 1.21. The summed E-state index contributed by atoms with van der Waals surface area (Å²) in [6, 6.07) is 0. The fourth-order valence-electron chi connectivity index (χ4n) is 0.555. The summed E-state index contributed by atoms with van der Waals surface area (Å²) in [7, 11) is 1.37. The Morgan fingerprint density at radius 1 is 1.33 bits per heavy atom. The van der Waals surface area contributed by atoms with Crippen molar-refractivity contribution in [2.45, 2.75) is 26.1 Å². The van der Waals surface area contributed by atoms with Gasteiger partial charge in [-0.3, -0.25) is 0 Å². The van der Waals surface area contributed by atoms with Crippen LogP contribution in [0.1, 0.15) is 20.8 Å². The summed E-state index contributed by atoms with van der Waals surface area (Å²) in [6.07, 6.45) is 0. The van der Waals surface area contributed by atoms with Gasteiger partial charge in [0.05, 0.1) is 0 Å². The molecule has 0 aromatic carbocycles. The Morgan fingerprint density at radius 3 is 1.78 bits per heavy atom. The van der Waals surface area contributed by atoms with E-state index in [-0.39, 0.29) is 12.4 Å². The van der Waals surface area contributed by atoms with Crippen LogP contribution in [0.25, 0.3) is 0 Å². The van der Waals surface area contributed by atoms with Crippen LogP contribution in [0.2, 0.25) is 5.31 Å². The highest BCUT2D eigenvalue weighted by atomic mass is 32.1. The highest BCUT2D eigenvalue weighted by molar-refractivity contribution is 7.76. The maximum atomic E-state index is 4.97. The first kappa shape index (κ1) is 9.33. The fraction of sp³-hybridized carbons (Fsp3) is 1.00. The molecule has 0 saturated heterocycles. The molecule has 0 aliphatic heterocycles. The van der Waals surface area contributed by atoms with E-state index < -0.39 is 0 Å². The van der Waals surface area contributed by atoms with Gasteiger partial charge in [-0.15, -0.1) is 0 Å². The smallest absolute Gasteiger partial charge is 0.413 e. The van der Waals surface area contributed by atoms with Crippen LogP contribution < -0.4 is 0 Å². The predicted octanol–water partition coefficient (Wildman–Crippen LogP) is 1.78. The second-order valence-electron chi connectivity index (χ2n) is 3.04. The van der Waals surface area contributed by atoms with Gasteiger partial charge in [0.25, 0.3) is 0 Å². The van der Waals surface area contributed by atoms with Gasteiger partial charge in [-0.05, 0) is 18.2 Å². The molecule has 0 heterocycles. The fourth-order valence-corrected chi connectivity index (χ4v) is 0.957. The van der Waals surface area contributed by atoms with Gasteiger partial charge in [0.15, 0.2) is 0 Å². The summed E-state index contributed by atoms with van der Waals surface area (Å²) < 4.78 is 9.70. The molecule has 0 rings (SSSR count). The van der Waals surface area contributed by atoms with E-state index in [2.05, 4.69) is 12.9 Å². The third kappa shape index (κ3) is 3.13. The van der Waals surface area contributed by atoms with Gasteiger partial charge >= 0.3 is 7.12 Å². The van der Waals surface area contributed by atoms with Crippen molar-refractivity contribution in [1.82, 2.24) is 0 Å². The van der Waals surface area contributed by atoms with Crippen molar-refractivity contribution in [2.75, 3.05) is 7.11 Å². The van der Waals surface area contributed by atoms with Crippen LogP contribution in [0.5, 0.6) is 0 Å². The molecule has 0 aromatic rings. The monoisotopic (exact) mass is 148 g/mol. The van der Waals surface area contributed by atoms with Crippen molar-refractivity contribution >= 4 is 20.0 Å². The normalized spacial score (nSPS) is 11.7. The van der Waals surface area contributed by atoms with Crippen LogP contribution in [0.15, 0.2) is 0 Å². The van der Waals surface area contributed by atoms with Crippen LogP contribution in [0.3, 0.4) is 0 Å². The topological polar surface area (TPSA) is 18.5 Å². The second-order valence-corrected chi connectivity index (χ2v) is 3.25. The van der Waals surface area contributed by atoms with Crippen molar-refractivity contribution in [1.29, 1.82) is 0 Å². The summed E-state index contributed by atoms with van der Waals surface area (Å²) in [5.41, 5.74) is 0. The molecule has 0 amide bonds. The lowest BCUT2D eigenvalue weighted by molar-refractivity contribution is 0.322. The molecule has 0 unspecified atom stereocenters. The van der Waals surface area contributed by atoms with Gasteiger partial charge in [-0.1, -0.05) is 20.8 Å². The van der Waals surface area contributed by atoms with E-state index in [9.17, 15) is 0 Å². The molecule has 0 atom stereocenters. The Hall–Kier alpha value is 0.335. The van der Waals surface area contributed by atoms with Gasteiger partial charge in [0.2, 0.25) is 0 Å². The van der Waals surface area contributed by atoms with Crippen molar-refractivity contribution in [3.8, 4) is 0 Å². The number of hydrogen-bond acceptors (Lipinski definition) is 3. The summed E-state index contributed by atoms with van der Waals surface area (Å²) >= 11 is 3.66. The van der Waals surface area contributed by atoms with E-state index in [4.69, 9.17) is 8.75 Å². The zero-order chi connectivity index (χ0) is 7.49. The molecule has 54 valence electrons. The minimum atomic E-state index is -0.235. The zero-order valence-electron chi connectivity index (χ0n) is 6.34. The van der Waals surface area contributed by atoms with Gasteiger partial charge in [0, 0.05) is 7.11 Å². The minimum Gasteiger partial charge on any atom is -0.413 e. The molecular weight excluding hydrogens is 135 g/mol. The van der Waals surface area contributed by atoms with Crippen LogP contribution >= 0.6 is 12.9 Å². The maximum absolute atomic E-state index is 4.97. The maximum Gasteiger partial charge on any atom is 0.473 e. The summed E-state index contributed by atoms with van der Waals surface area (Å²) in [6.45, 7) is 6.08. The van der Waals surface area contributed by atoms with E-state index in [0.29, 0.717) is 0 Å². The lowest BCUT2D eigenvalue weighted by Crippen LogP contribution is -2.28. The Morgan fingerprint density at radius 2 is 1.78 bits per heavy atom. The minimum absolute atomic E-state index is 0.00347. The molecular formula is C5H13BO2S. The Kier molecular flexibility index (Phi) is 3.62. The molecule has 0 fully saturated rings. The van der Waals surface area contributed by atoms with E-state index in [1.54, 1.807) is 7.11 Å². The number of thiol groups is 1. The highest BCUT2D eigenvalue weighted by Crippen LogP contribution is 2.27. The van der Waals surface area contributed by atoms with Crippen LogP contribution in [0.4, 0.5) is 0 Å². The molecule has 0 spiro atoms. The first-order valence-electron chi connectivity index (χ1n) is 2.85. The SMILES string of the molecule is COB(OS)C(C)(C)C. The number of rotatable bonds is 2. The third-order valence-electron chi connectivity index (χ3n) is 1.02. The predicted molar refractivity (Wildman–Crippen MR) is 42.5 cm³/mol. The lowest BCUT2D eigenvalue weighted by atomic mass is 9.62. The van der Waals surface area contributed by atoms with Gasteiger partial charge in [-0.2, -0.15) is 0 Å². The van der Waals surface area contributed by atoms with Crippen LogP contribution in [-0.2, 0) is 8.75 Å². The lowest BCUT2D eigenvalue weighted by Gasteiger charge is -2.21. The van der Waals surface area contributed by atoms with Crippen LogP contribution in [-0.4, -0.2) is 14.2 Å². The quantitative estimate of drug-likeness (QED) is 0.365. The van der Waals surface area contributed by atoms with Crippen molar-refractivity contribution < 1.29 is 8.75 Å². The summed E-state index contributed by atoms with van der Waals surface area (Å²) in [5, 5.41) is -0.00347. The molecule has 0 saturated carbocycles. The first-order chi connectivity index (χ1) is 4.02. The summed E-state index contributed by atoms with van der Waals surface area (Å²) in [4.78, 5) is 0. The Labute approximate surface area is 62.7 Å². The van der Waals surface area contributed by atoms with E-state index in [1.165, 1.54) is 0 Å². The summed E-state index contributed by atoms with van der Waals surface area (Å²) in [5.74, 6) is 0. The average molecular weight is 148 g/mol. The second kappa shape index (κ2) is 3.49. The average Bonchev–Trinajstić information content (AvgIpc) is 1.65. The zero-order valence-corrected chi connectivity index (χ0v) is 7.24. The van der Waals surface area contributed by atoms with Crippen molar-refractivity contribution in [3.63, 3.8) is 0 Å². The number of hydrogen-bond donors (Lipinski definition) is 1. The standard InChI is InChI=1S/C5H13BO2S/c1-5(2,3)6(7-4)8-9/h9H,1-4H3. The molecule has 0 aromatic heterocycles. The van der Waals surface area contributed by atoms with Gasteiger partial charge in [-0.25, -0.2) is 0 Å². The van der Waals surface area contributed by atoms with Gasteiger partial charge < -0.3 is 8.75 Å². The van der Waals surface area contributed by atoms with Crippen molar-refractivity contribution in [2.24, 2.45) is 0 Å². The molecule has 2 nitrogen and oxygen atoms in total. The molecule has 4 heteroatoms. The van der Waals surface area contributed by atoms with E-state index in [1.807, 2.05) is 20.8 Å². The van der Waals surface area contributed by atoms with E-state index >= 15 is 0 Å². The van der Waals surface area contributed by atoms with Crippen molar-refractivity contribution in [3.05, 3.63) is 0 Å². The molecule has 0 bridgehead atoms. The molecule has 0 N–H and O–H groups in total. The molecule has 0 aliphatic rings. The first-order valence-corrected chi connectivity index (χ1v) is 3.22. The van der Waals surface area contributed by atoms with Gasteiger partial charge in [0.1, 0.15) is 0 Å². The Balaban J connectivity index is 3.79. The Bertz CT molecular complexity index is 77.5. The largest absolute Gasteiger partial charge is 0.473 e. The van der Waals surface area contributed by atoms with E-state index in [0.717, 1.165) is 0 Å². The highest BCUT2D eigenvalue weighted by Gasteiger charge is 2.32. The molecule has 9 heavy (non-hydrogen) atoms.